The van der Waals surface area contributed by atoms with E-state index in [0.29, 0.717) is 12.1 Å². The van der Waals surface area contributed by atoms with Crippen molar-refractivity contribution in [3.05, 3.63) is 59.2 Å². The molecule has 2 aromatic rings. The maximum absolute atomic E-state index is 13.1. The number of anilines is 1. The second kappa shape index (κ2) is 11.2. The number of primary amides is 1. The molecule has 0 bridgehead atoms. The number of halogens is 7. The van der Waals surface area contributed by atoms with Gasteiger partial charge in [0, 0.05) is 29.2 Å². The molecule has 3 rings (SSSR count). The summed E-state index contributed by atoms with van der Waals surface area (Å²) in [5, 5.41) is 2.28. The Balaban J connectivity index is 0.000000270. The highest BCUT2D eigenvalue weighted by Gasteiger charge is 2.51. The number of rotatable bonds is 6. The lowest BCUT2D eigenvalue weighted by molar-refractivity contribution is -0.215. The topological polar surface area (TPSA) is 90.7 Å². The van der Waals surface area contributed by atoms with Gasteiger partial charge in [0.15, 0.2) is 6.10 Å². The van der Waals surface area contributed by atoms with Gasteiger partial charge in [-0.05, 0) is 24.3 Å². The number of alkyl halides is 5. The van der Waals surface area contributed by atoms with Crippen molar-refractivity contribution in [1.29, 1.82) is 0 Å². The zero-order valence-electron chi connectivity index (χ0n) is 17.4. The SMILES string of the molecule is CC1C(c2ccc(F)cc2OC(F)F)COC1C(F)(F)F.NC(=O)c1cc(NC=O)ccc1F. The van der Waals surface area contributed by atoms with E-state index in [1.165, 1.54) is 19.1 Å². The van der Waals surface area contributed by atoms with E-state index >= 15 is 0 Å². The smallest absolute Gasteiger partial charge is 0.414 e. The molecule has 3 N–H and O–H groups in total. The molecule has 1 fully saturated rings. The largest absolute Gasteiger partial charge is 0.434 e. The Labute approximate surface area is 188 Å². The molecule has 3 atom stereocenters. The molecule has 3 unspecified atom stereocenters. The first-order valence-electron chi connectivity index (χ1n) is 9.57. The first-order valence-corrected chi connectivity index (χ1v) is 9.57. The van der Waals surface area contributed by atoms with E-state index in [-0.39, 0.29) is 17.7 Å². The molecular formula is C21H19F7N2O4. The van der Waals surface area contributed by atoms with Crippen molar-refractivity contribution in [2.45, 2.75) is 31.7 Å². The highest BCUT2D eigenvalue weighted by molar-refractivity contribution is 5.94. The molecule has 186 valence electrons. The first-order chi connectivity index (χ1) is 15.8. The molecule has 0 radical (unpaired) electrons. The van der Waals surface area contributed by atoms with Crippen LogP contribution in [0.25, 0.3) is 0 Å². The number of hydrogen-bond acceptors (Lipinski definition) is 4. The molecule has 1 aliphatic heterocycles. The minimum Gasteiger partial charge on any atom is -0.434 e. The van der Waals surface area contributed by atoms with Crippen LogP contribution in [-0.2, 0) is 9.53 Å². The van der Waals surface area contributed by atoms with Crippen LogP contribution in [0, 0.1) is 17.6 Å². The Morgan fingerprint density at radius 3 is 2.41 bits per heavy atom. The van der Waals surface area contributed by atoms with E-state index < -0.39 is 54.0 Å². The quantitative estimate of drug-likeness (QED) is 0.452. The Bertz CT molecular complexity index is 1020. The molecule has 13 heteroatoms. The summed E-state index contributed by atoms with van der Waals surface area (Å²) in [6, 6.07) is 6.43. The highest BCUT2D eigenvalue weighted by Crippen LogP contribution is 2.44. The maximum atomic E-state index is 13.1. The minimum absolute atomic E-state index is 0.0796. The predicted octanol–water partition coefficient (Wildman–Crippen LogP) is 4.60. The molecule has 34 heavy (non-hydrogen) atoms. The summed E-state index contributed by atoms with van der Waals surface area (Å²) >= 11 is 0. The molecule has 0 saturated carbocycles. The van der Waals surface area contributed by atoms with E-state index in [2.05, 4.69) is 10.1 Å². The Morgan fingerprint density at radius 2 is 1.88 bits per heavy atom. The van der Waals surface area contributed by atoms with Gasteiger partial charge in [-0.3, -0.25) is 9.59 Å². The van der Waals surface area contributed by atoms with Crippen molar-refractivity contribution >= 4 is 18.0 Å². The number of ether oxygens (including phenoxy) is 2. The number of hydrogen-bond donors (Lipinski definition) is 2. The van der Waals surface area contributed by atoms with Gasteiger partial charge < -0.3 is 20.5 Å². The van der Waals surface area contributed by atoms with Crippen LogP contribution in [0.15, 0.2) is 36.4 Å². The van der Waals surface area contributed by atoms with Crippen molar-refractivity contribution < 1.29 is 49.8 Å². The van der Waals surface area contributed by atoms with Crippen molar-refractivity contribution in [3.63, 3.8) is 0 Å². The molecule has 6 nitrogen and oxygen atoms in total. The molecule has 1 heterocycles. The number of benzene rings is 2. The number of amides is 2. The first kappa shape index (κ1) is 26.9. The summed E-state index contributed by atoms with van der Waals surface area (Å²) in [5.74, 6) is -4.64. The summed E-state index contributed by atoms with van der Waals surface area (Å²) < 4.78 is 97.7. The lowest BCUT2D eigenvalue weighted by atomic mass is 9.86. The average Bonchev–Trinajstić information content (AvgIpc) is 3.11. The van der Waals surface area contributed by atoms with Crippen molar-refractivity contribution in [1.82, 2.24) is 0 Å². The van der Waals surface area contributed by atoms with Gasteiger partial charge in [-0.1, -0.05) is 13.0 Å². The lowest BCUT2D eigenvalue weighted by Gasteiger charge is -2.22. The molecule has 1 saturated heterocycles. The Hall–Kier alpha value is -3.35. The number of nitrogens with two attached hydrogens (primary N) is 1. The fraction of sp³-hybridized carbons (Fsp3) is 0.333. The monoisotopic (exact) mass is 496 g/mol. The summed E-state index contributed by atoms with van der Waals surface area (Å²) in [5.41, 5.74) is 5.04. The lowest BCUT2D eigenvalue weighted by Crippen LogP contribution is -2.33. The van der Waals surface area contributed by atoms with Crippen LogP contribution in [0.1, 0.15) is 28.8 Å². The van der Waals surface area contributed by atoms with Crippen LogP contribution in [0.4, 0.5) is 36.4 Å². The third kappa shape index (κ3) is 6.83. The van der Waals surface area contributed by atoms with Crippen LogP contribution in [0.2, 0.25) is 0 Å². The van der Waals surface area contributed by atoms with Gasteiger partial charge in [0.2, 0.25) is 6.41 Å². The van der Waals surface area contributed by atoms with Crippen LogP contribution in [-0.4, -0.2) is 37.8 Å². The van der Waals surface area contributed by atoms with Crippen LogP contribution in [0.5, 0.6) is 5.75 Å². The number of nitrogens with one attached hydrogen (secondary N) is 1. The van der Waals surface area contributed by atoms with Crippen LogP contribution in [0.3, 0.4) is 0 Å². The molecule has 2 amide bonds. The van der Waals surface area contributed by atoms with Gasteiger partial charge in [0.25, 0.3) is 5.91 Å². The second-order valence-corrected chi connectivity index (χ2v) is 7.14. The van der Waals surface area contributed by atoms with Crippen LogP contribution >= 0.6 is 0 Å². The van der Waals surface area contributed by atoms with Gasteiger partial charge >= 0.3 is 12.8 Å². The molecule has 0 aromatic heterocycles. The summed E-state index contributed by atoms with van der Waals surface area (Å²) in [4.78, 5) is 20.7. The molecular weight excluding hydrogens is 477 g/mol. The van der Waals surface area contributed by atoms with Gasteiger partial charge in [0.1, 0.15) is 17.4 Å². The predicted molar refractivity (Wildman–Crippen MR) is 105 cm³/mol. The standard InChI is InChI=1S/C13H12F6O2.C8H7FN2O2/c1-6-9(5-20-11(6)13(17,18)19)8-3-2-7(14)4-10(8)21-12(15)16;9-7-2-1-5(11-4-12)3-6(7)8(10)13/h2-4,6,9,11-12H,5H2,1H3;1-4H,(H2,10,13)(H,11,12). The fourth-order valence-electron chi connectivity index (χ4n) is 3.37. The zero-order valence-corrected chi connectivity index (χ0v) is 17.4. The van der Waals surface area contributed by atoms with E-state index in [0.717, 1.165) is 24.3 Å². The summed E-state index contributed by atoms with van der Waals surface area (Å²) in [7, 11) is 0. The average molecular weight is 496 g/mol. The normalized spacial score (nSPS) is 19.9. The fourth-order valence-corrected chi connectivity index (χ4v) is 3.37. The minimum atomic E-state index is -4.54. The van der Waals surface area contributed by atoms with E-state index in [9.17, 15) is 40.3 Å². The zero-order chi connectivity index (χ0) is 25.6. The number of carbonyl (C=O) groups excluding carboxylic acids is 2. The van der Waals surface area contributed by atoms with Gasteiger partial charge in [-0.15, -0.1) is 0 Å². The molecule has 2 aromatic carbocycles. The van der Waals surface area contributed by atoms with Crippen molar-refractivity contribution in [2.24, 2.45) is 11.7 Å². The molecule has 1 aliphatic rings. The van der Waals surface area contributed by atoms with Crippen LogP contribution < -0.4 is 15.8 Å². The summed E-state index contributed by atoms with van der Waals surface area (Å²) in [6.07, 6.45) is -6.09. The van der Waals surface area contributed by atoms with Gasteiger partial charge in [-0.2, -0.15) is 22.0 Å². The maximum Gasteiger partial charge on any atom is 0.414 e. The Morgan fingerprint density at radius 1 is 1.21 bits per heavy atom. The third-order valence-corrected chi connectivity index (χ3v) is 4.94. The van der Waals surface area contributed by atoms with Crippen molar-refractivity contribution in [3.8, 4) is 5.75 Å². The second-order valence-electron chi connectivity index (χ2n) is 7.14. The van der Waals surface area contributed by atoms with E-state index in [1.54, 1.807) is 0 Å². The van der Waals surface area contributed by atoms with Gasteiger partial charge in [-0.25, -0.2) is 8.78 Å². The van der Waals surface area contributed by atoms with Gasteiger partial charge in [0.05, 0.1) is 12.2 Å². The molecule has 0 aliphatic carbocycles. The Kier molecular flexibility index (Phi) is 8.85. The highest BCUT2D eigenvalue weighted by atomic mass is 19.4. The van der Waals surface area contributed by atoms with E-state index in [1.807, 2.05) is 0 Å². The van der Waals surface area contributed by atoms with E-state index in [4.69, 9.17) is 10.5 Å². The number of carbonyl (C=O) groups is 2. The third-order valence-electron chi connectivity index (χ3n) is 4.94. The summed E-state index contributed by atoms with van der Waals surface area (Å²) in [6.45, 7) is -2.18. The van der Waals surface area contributed by atoms with Crippen molar-refractivity contribution in [2.75, 3.05) is 11.9 Å². The molecule has 0 spiro atoms.